The normalized spacial score (nSPS) is 18.4. The van der Waals surface area contributed by atoms with Gasteiger partial charge in [0.1, 0.15) is 0 Å². The van der Waals surface area contributed by atoms with Gasteiger partial charge in [0, 0.05) is 24.2 Å². The Kier molecular flexibility index (Phi) is 2.02. The Morgan fingerprint density at radius 3 is 3.07 bits per heavy atom. The van der Waals surface area contributed by atoms with Crippen molar-refractivity contribution < 1.29 is 4.79 Å². The van der Waals surface area contributed by atoms with E-state index in [2.05, 4.69) is 4.99 Å². The number of carbonyl (C=O) groups is 1. The first kappa shape index (κ1) is 8.50. The van der Waals surface area contributed by atoms with Crippen molar-refractivity contribution in [1.82, 2.24) is 4.90 Å². The Bertz CT molecular complexity index is 413. The lowest BCUT2D eigenvalue weighted by molar-refractivity contribution is -0.114. The molecule has 1 amide bonds. The fourth-order valence-corrected chi connectivity index (χ4v) is 1.22. The van der Waals surface area contributed by atoms with Crippen LogP contribution in [0.5, 0.6) is 0 Å². The van der Waals surface area contributed by atoms with Crippen LogP contribution in [0.25, 0.3) is 0 Å². The summed E-state index contributed by atoms with van der Waals surface area (Å²) in [5.74, 6) is -0.431. The van der Waals surface area contributed by atoms with Crippen molar-refractivity contribution in [2.75, 3.05) is 0 Å². The van der Waals surface area contributed by atoms with E-state index in [1.54, 1.807) is 30.8 Å². The third-order valence-corrected chi connectivity index (χ3v) is 1.93. The van der Waals surface area contributed by atoms with Crippen molar-refractivity contribution in [2.24, 2.45) is 10.7 Å². The highest BCUT2D eigenvalue weighted by molar-refractivity contribution is 5.95. The minimum absolute atomic E-state index is 0.431. The summed E-state index contributed by atoms with van der Waals surface area (Å²) in [5.41, 5.74) is 6.48. The van der Waals surface area contributed by atoms with E-state index < -0.39 is 5.91 Å². The van der Waals surface area contributed by atoms with Gasteiger partial charge in [-0.25, -0.2) is 0 Å². The van der Waals surface area contributed by atoms with E-state index in [9.17, 15) is 4.79 Å². The summed E-state index contributed by atoms with van der Waals surface area (Å²) in [6, 6.07) is 0. The molecule has 0 aromatic carbocycles. The zero-order valence-electron chi connectivity index (χ0n) is 7.42. The summed E-state index contributed by atoms with van der Waals surface area (Å²) in [6.45, 7) is 0. The Morgan fingerprint density at radius 1 is 1.43 bits per heavy atom. The Hall–Kier alpha value is -2.10. The quantitative estimate of drug-likeness (QED) is 0.655. The molecule has 0 saturated carbocycles. The number of rotatable bonds is 1. The van der Waals surface area contributed by atoms with Gasteiger partial charge in [0.15, 0.2) is 0 Å². The van der Waals surface area contributed by atoms with E-state index in [0.29, 0.717) is 5.57 Å². The summed E-state index contributed by atoms with van der Waals surface area (Å²) in [7, 11) is 0. The molecule has 4 nitrogen and oxygen atoms in total. The number of nitrogens with zero attached hydrogens (tertiary/aromatic N) is 2. The molecule has 0 saturated heterocycles. The fraction of sp³-hybridized carbons (Fsp3) is 0. The van der Waals surface area contributed by atoms with E-state index >= 15 is 0 Å². The molecule has 0 atom stereocenters. The Labute approximate surface area is 81.4 Å². The van der Waals surface area contributed by atoms with Gasteiger partial charge in [0.05, 0.1) is 11.9 Å². The van der Waals surface area contributed by atoms with Gasteiger partial charge in [-0.3, -0.25) is 9.79 Å². The maximum Gasteiger partial charge on any atom is 0.248 e. The predicted molar refractivity (Wildman–Crippen MR) is 54.0 cm³/mol. The second kappa shape index (κ2) is 3.33. The van der Waals surface area contributed by atoms with Crippen LogP contribution in [0.4, 0.5) is 0 Å². The average Bonchev–Trinajstić information content (AvgIpc) is 2.41. The third kappa shape index (κ3) is 1.50. The van der Waals surface area contributed by atoms with Gasteiger partial charge in [0.25, 0.3) is 0 Å². The highest BCUT2D eigenvalue weighted by Crippen LogP contribution is 2.18. The first-order chi connectivity index (χ1) is 6.77. The molecular formula is C10H9N3O. The van der Waals surface area contributed by atoms with Crippen molar-refractivity contribution in [3.05, 3.63) is 48.1 Å². The van der Waals surface area contributed by atoms with Crippen LogP contribution in [0.3, 0.4) is 0 Å². The summed E-state index contributed by atoms with van der Waals surface area (Å²) in [6.07, 6.45) is 12.2. The van der Waals surface area contributed by atoms with E-state index in [1.165, 1.54) is 0 Å². The molecule has 2 heterocycles. The van der Waals surface area contributed by atoms with Crippen LogP contribution in [0.15, 0.2) is 53.1 Å². The molecule has 0 unspecified atom stereocenters. The van der Waals surface area contributed by atoms with Gasteiger partial charge >= 0.3 is 0 Å². The van der Waals surface area contributed by atoms with Crippen molar-refractivity contribution in [2.45, 2.75) is 0 Å². The second-order valence-corrected chi connectivity index (χ2v) is 2.88. The van der Waals surface area contributed by atoms with Crippen LogP contribution in [-0.2, 0) is 4.79 Å². The number of primary amides is 1. The summed E-state index contributed by atoms with van der Waals surface area (Å²) >= 11 is 0. The molecule has 2 aliphatic rings. The molecule has 0 aromatic heterocycles. The van der Waals surface area contributed by atoms with Crippen molar-refractivity contribution in [3.8, 4) is 0 Å². The topological polar surface area (TPSA) is 58.7 Å². The molecule has 0 fully saturated rings. The SMILES string of the molecule is NC(=O)C1=CC2=CN=CC=CN2C=C1. The van der Waals surface area contributed by atoms with Gasteiger partial charge in [-0.05, 0) is 18.2 Å². The highest BCUT2D eigenvalue weighted by Gasteiger charge is 2.11. The van der Waals surface area contributed by atoms with E-state index in [1.807, 2.05) is 17.2 Å². The molecule has 2 N–H and O–H groups in total. The number of aliphatic imine (C=N–C) groups is 1. The minimum atomic E-state index is -0.431. The lowest BCUT2D eigenvalue weighted by Gasteiger charge is -2.19. The third-order valence-electron chi connectivity index (χ3n) is 1.93. The molecule has 2 aliphatic heterocycles. The Morgan fingerprint density at radius 2 is 2.29 bits per heavy atom. The lowest BCUT2D eigenvalue weighted by Crippen LogP contribution is -2.18. The molecule has 14 heavy (non-hydrogen) atoms. The predicted octanol–water partition coefficient (Wildman–Crippen LogP) is 0.667. The fourth-order valence-electron chi connectivity index (χ4n) is 1.22. The number of allylic oxidation sites excluding steroid dienone is 2. The zero-order valence-corrected chi connectivity index (χ0v) is 7.42. The number of carbonyl (C=O) groups excluding carboxylic acids is 1. The zero-order chi connectivity index (χ0) is 9.97. The van der Waals surface area contributed by atoms with Crippen molar-refractivity contribution in [1.29, 1.82) is 0 Å². The van der Waals surface area contributed by atoms with Gasteiger partial charge in [-0.15, -0.1) is 0 Å². The van der Waals surface area contributed by atoms with Crippen molar-refractivity contribution in [3.63, 3.8) is 0 Å². The molecule has 70 valence electrons. The summed E-state index contributed by atoms with van der Waals surface area (Å²) in [5, 5.41) is 0. The van der Waals surface area contributed by atoms with Crippen LogP contribution >= 0.6 is 0 Å². The van der Waals surface area contributed by atoms with Crippen molar-refractivity contribution >= 4 is 12.1 Å². The molecule has 4 heteroatoms. The number of fused-ring (bicyclic) bond motifs is 1. The molecule has 0 spiro atoms. The maximum absolute atomic E-state index is 10.9. The highest BCUT2D eigenvalue weighted by atomic mass is 16.1. The summed E-state index contributed by atoms with van der Waals surface area (Å²) < 4.78 is 0. The molecule has 0 aliphatic carbocycles. The first-order valence-corrected chi connectivity index (χ1v) is 4.15. The molecular weight excluding hydrogens is 178 g/mol. The number of hydrogen-bond donors (Lipinski definition) is 1. The van der Waals surface area contributed by atoms with Crippen LogP contribution in [0.1, 0.15) is 0 Å². The largest absolute Gasteiger partial charge is 0.366 e. The summed E-state index contributed by atoms with van der Waals surface area (Å²) in [4.78, 5) is 16.8. The number of nitrogens with two attached hydrogens (primary N) is 1. The van der Waals surface area contributed by atoms with Gasteiger partial charge in [0.2, 0.25) is 5.91 Å². The van der Waals surface area contributed by atoms with Crippen LogP contribution in [-0.4, -0.2) is 17.0 Å². The van der Waals surface area contributed by atoms with Gasteiger partial charge in [-0.1, -0.05) is 0 Å². The molecule has 0 bridgehead atoms. The smallest absolute Gasteiger partial charge is 0.248 e. The van der Waals surface area contributed by atoms with Crippen LogP contribution in [0, 0.1) is 0 Å². The average molecular weight is 187 g/mol. The number of amides is 1. The second-order valence-electron chi connectivity index (χ2n) is 2.88. The van der Waals surface area contributed by atoms with E-state index in [-0.39, 0.29) is 0 Å². The van der Waals surface area contributed by atoms with Crippen LogP contribution in [0.2, 0.25) is 0 Å². The Balaban J connectivity index is 2.37. The lowest BCUT2D eigenvalue weighted by atomic mass is 10.1. The van der Waals surface area contributed by atoms with E-state index in [4.69, 9.17) is 5.73 Å². The monoisotopic (exact) mass is 187 g/mol. The molecule has 0 aromatic rings. The first-order valence-electron chi connectivity index (χ1n) is 4.15. The van der Waals surface area contributed by atoms with Gasteiger partial charge < -0.3 is 10.6 Å². The van der Waals surface area contributed by atoms with Gasteiger partial charge in [-0.2, -0.15) is 0 Å². The standard InChI is InChI=1S/C10H9N3O/c11-10(14)8-2-5-13-4-1-3-12-7-9(13)6-8/h1-7H,(H2,11,14). The van der Waals surface area contributed by atoms with Crippen LogP contribution < -0.4 is 5.73 Å². The number of hydrogen-bond acceptors (Lipinski definition) is 3. The molecule has 2 rings (SSSR count). The molecule has 0 radical (unpaired) electrons. The van der Waals surface area contributed by atoms with E-state index in [0.717, 1.165) is 5.70 Å². The maximum atomic E-state index is 10.9. The minimum Gasteiger partial charge on any atom is -0.366 e.